The third-order valence-electron chi connectivity index (χ3n) is 4.47. The monoisotopic (exact) mass is 425 g/mol. The molecule has 0 aliphatic carbocycles. The second-order valence-corrected chi connectivity index (χ2v) is 8.63. The number of rotatable bonds is 6. The molecule has 3 aromatic heterocycles. The van der Waals surface area contributed by atoms with Crippen molar-refractivity contribution in [1.82, 2.24) is 14.7 Å². The van der Waals surface area contributed by atoms with Crippen molar-refractivity contribution in [1.29, 1.82) is 0 Å². The fourth-order valence-corrected chi connectivity index (χ4v) is 4.76. The number of hydrogen-bond acceptors (Lipinski definition) is 6. The molecule has 148 valence electrons. The topological polar surface area (TPSA) is 64.4 Å². The number of likely N-dealkylation sites (N-methyl/N-ethyl adjacent to an activating group) is 1. The highest BCUT2D eigenvalue weighted by Crippen LogP contribution is 2.30. The Bertz CT molecular complexity index is 1150. The summed E-state index contributed by atoms with van der Waals surface area (Å²) in [6.45, 7) is 2.13. The van der Waals surface area contributed by atoms with Crippen LogP contribution in [0.2, 0.25) is 0 Å². The van der Waals surface area contributed by atoms with Crippen LogP contribution in [0.25, 0.3) is 15.9 Å². The summed E-state index contributed by atoms with van der Waals surface area (Å²) in [5.41, 5.74) is 1.77. The van der Waals surface area contributed by atoms with Crippen molar-refractivity contribution < 1.29 is 14.3 Å². The zero-order valence-electron chi connectivity index (χ0n) is 16.0. The number of aryl methyl sites for hydroxylation is 1. The summed E-state index contributed by atoms with van der Waals surface area (Å²) in [4.78, 5) is 28.7. The van der Waals surface area contributed by atoms with Crippen molar-refractivity contribution in [2.45, 2.75) is 13.5 Å². The molecule has 0 radical (unpaired) electrons. The highest BCUT2D eigenvalue weighted by molar-refractivity contribution is 7.20. The number of hydrogen-bond donors (Lipinski definition) is 0. The average molecular weight is 426 g/mol. The molecule has 0 unspecified atom stereocenters. The minimum absolute atomic E-state index is 0.237. The van der Waals surface area contributed by atoms with E-state index in [0.717, 1.165) is 26.5 Å². The van der Waals surface area contributed by atoms with Gasteiger partial charge in [0.25, 0.3) is 5.91 Å². The van der Waals surface area contributed by atoms with E-state index in [0.29, 0.717) is 11.4 Å². The minimum atomic E-state index is -0.497. The fraction of sp³-hybridized carbons (Fsp3) is 0.190. The number of nitrogens with zero attached hydrogens (tertiary/aromatic N) is 3. The smallest absolute Gasteiger partial charge is 0.348 e. The van der Waals surface area contributed by atoms with Crippen molar-refractivity contribution in [3.05, 3.63) is 69.4 Å². The van der Waals surface area contributed by atoms with Crippen LogP contribution in [0.15, 0.2) is 53.9 Å². The van der Waals surface area contributed by atoms with Gasteiger partial charge in [0.1, 0.15) is 9.71 Å². The SMILES string of the molecule is Cc1nn(-c2ccccc2)c2sc(C(=O)OCC(=O)N(C)Cc3cccs3)cc12. The molecule has 4 rings (SSSR count). The van der Waals surface area contributed by atoms with E-state index in [-0.39, 0.29) is 12.5 Å². The summed E-state index contributed by atoms with van der Waals surface area (Å²) in [6.07, 6.45) is 0. The minimum Gasteiger partial charge on any atom is -0.451 e. The van der Waals surface area contributed by atoms with Crippen LogP contribution in [-0.2, 0) is 16.1 Å². The average Bonchev–Trinajstić information content (AvgIpc) is 3.45. The summed E-state index contributed by atoms with van der Waals surface area (Å²) in [7, 11) is 1.70. The maximum absolute atomic E-state index is 12.5. The first-order valence-electron chi connectivity index (χ1n) is 9.01. The number of benzene rings is 1. The van der Waals surface area contributed by atoms with Gasteiger partial charge in [-0.2, -0.15) is 5.10 Å². The molecule has 0 fully saturated rings. The number of amides is 1. The van der Waals surface area contributed by atoms with Crippen LogP contribution in [0.5, 0.6) is 0 Å². The van der Waals surface area contributed by atoms with Crippen molar-refractivity contribution >= 4 is 44.8 Å². The molecule has 8 heteroatoms. The second-order valence-electron chi connectivity index (χ2n) is 6.57. The lowest BCUT2D eigenvalue weighted by atomic mass is 10.3. The van der Waals surface area contributed by atoms with Gasteiger partial charge in [-0.25, -0.2) is 9.48 Å². The maximum Gasteiger partial charge on any atom is 0.348 e. The molecule has 3 heterocycles. The fourth-order valence-electron chi connectivity index (χ4n) is 2.93. The molecule has 4 aromatic rings. The first kappa shape index (κ1) is 19.4. The van der Waals surface area contributed by atoms with E-state index >= 15 is 0 Å². The molecule has 0 aliphatic rings. The van der Waals surface area contributed by atoms with Crippen molar-refractivity contribution in [3.63, 3.8) is 0 Å². The number of esters is 1. The van der Waals surface area contributed by atoms with E-state index in [1.807, 2.05) is 59.5 Å². The largest absolute Gasteiger partial charge is 0.451 e. The number of thiophene rings is 2. The van der Waals surface area contributed by atoms with Crippen LogP contribution in [-0.4, -0.2) is 40.2 Å². The third kappa shape index (κ3) is 4.08. The lowest BCUT2D eigenvalue weighted by molar-refractivity contribution is -0.133. The van der Waals surface area contributed by atoms with Gasteiger partial charge in [-0.3, -0.25) is 4.79 Å². The van der Waals surface area contributed by atoms with Gasteiger partial charge >= 0.3 is 5.97 Å². The van der Waals surface area contributed by atoms with Gasteiger partial charge in [-0.15, -0.1) is 22.7 Å². The number of ether oxygens (including phenoxy) is 1. The zero-order chi connectivity index (χ0) is 20.4. The molecule has 0 saturated carbocycles. The van der Waals surface area contributed by atoms with E-state index in [2.05, 4.69) is 5.10 Å². The number of fused-ring (bicyclic) bond motifs is 1. The predicted octanol–water partition coefficient (Wildman–Crippen LogP) is 4.27. The van der Waals surface area contributed by atoms with Crippen LogP contribution in [0.3, 0.4) is 0 Å². The van der Waals surface area contributed by atoms with E-state index in [1.165, 1.54) is 11.3 Å². The van der Waals surface area contributed by atoms with Gasteiger partial charge in [0.2, 0.25) is 0 Å². The summed E-state index contributed by atoms with van der Waals surface area (Å²) in [5, 5.41) is 7.44. The Labute approximate surface area is 176 Å². The predicted molar refractivity (Wildman–Crippen MR) is 115 cm³/mol. The molecular weight excluding hydrogens is 406 g/mol. The summed E-state index contributed by atoms with van der Waals surface area (Å²) >= 11 is 2.90. The third-order valence-corrected chi connectivity index (χ3v) is 6.42. The Kier molecular flexibility index (Phi) is 5.46. The lowest BCUT2D eigenvalue weighted by Gasteiger charge is -2.15. The molecule has 0 bridgehead atoms. The van der Waals surface area contributed by atoms with E-state index < -0.39 is 5.97 Å². The van der Waals surface area contributed by atoms with Crippen LogP contribution in [0, 0.1) is 6.92 Å². The molecule has 0 spiro atoms. The Hall–Kier alpha value is -2.97. The lowest BCUT2D eigenvalue weighted by Crippen LogP contribution is -2.30. The standard InChI is InChI=1S/C21H19N3O3S2/c1-14-17-11-18(29-20(17)24(22-14)15-7-4-3-5-8-15)21(26)27-13-19(25)23(2)12-16-9-6-10-28-16/h3-11H,12-13H2,1-2H3. The highest BCUT2D eigenvalue weighted by Gasteiger charge is 2.19. The number of carbonyl (C=O) groups is 2. The molecule has 0 N–H and O–H groups in total. The summed E-state index contributed by atoms with van der Waals surface area (Å²) in [5.74, 6) is -0.734. The first-order valence-corrected chi connectivity index (χ1v) is 10.7. The first-order chi connectivity index (χ1) is 14.0. The Morgan fingerprint density at radius 3 is 2.69 bits per heavy atom. The Balaban J connectivity index is 1.46. The van der Waals surface area contributed by atoms with Gasteiger partial charge in [0, 0.05) is 17.3 Å². The molecule has 1 amide bonds. The van der Waals surface area contributed by atoms with Gasteiger partial charge in [0.05, 0.1) is 17.9 Å². The summed E-state index contributed by atoms with van der Waals surface area (Å²) < 4.78 is 7.09. The number of para-hydroxylation sites is 1. The molecule has 1 aromatic carbocycles. The Morgan fingerprint density at radius 2 is 1.97 bits per heavy atom. The van der Waals surface area contributed by atoms with Gasteiger partial charge in [-0.1, -0.05) is 24.3 Å². The summed E-state index contributed by atoms with van der Waals surface area (Å²) in [6, 6.07) is 15.5. The van der Waals surface area contributed by atoms with E-state index in [4.69, 9.17) is 4.74 Å². The maximum atomic E-state index is 12.5. The van der Waals surface area contributed by atoms with Crippen LogP contribution >= 0.6 is 22.7 Å². The highest BCUT2D eigenvalue weighted by atomic mass is 32.1. The van der Waals surface area contributed by atoms with Crippen LogP contribution in [0.1, 0.15) is 20.2 Å². The molecule has 0 saturated heterocycles. The molecule has 0 aliphatic heterocycles. The number of aromatic nitrogens is 2. The Morgan fingerprint density at radius 1 is 1.17 bits per heavy atom. The van der Waals surface area contributed by atoms with Crippen LogP contribution < -0.4 is 0 Å². The van der Waals surface area contributed by atoms with Crippen LogP contribution in [0.4, 0.5) is 0 Å². The van der Waals surface area contributed by atoms with Gasteiger partial charge < -0.3 is 9.64 Å². The molecular formula is C21H19N3O3S2. The van der Waals surface area contributed by atoms with Crippen molar-refractivity contribution in [2.24, 2.45) is 0 Å². The zero-order valence-corrected chi connectivity index (χ0v) is 17.6. The molecule has 0 atom stereocenters. The van der Waals surface area contributed by atoms with Gasteiger partial charge in [-0.05, 0) is 36.6 Å². The molecule has 29 heavy (non-hydrogen) atoms. The molecule has 6 nitrogen and oxygen atoms in total. The van der Waals surface area contributed by atoms with Crippen molar-refractivity contribution in [2.75, 3.05) is 13.7 Å². The quantitative estimate of drug-likeness (QED) is 0.433. The van der Waals surface area contributed by atoms with Crippen molar-refractivity contribution in [3.8, 4) is 5.69 Å². The normalized spacial score (nSPS) is 11.0. The number of carbonyl (C=O) groups excluding carboxylic acids is 2. The second kappa shape index (κ2) is 8.18. The van der Waals surface area contributed by atoms with Gasteiger partial charge in [0.15, 0.2) is 6.61 Å². The van der Waals surface area contributed by atoms with E-state index in [1.54, 1.807) is 29.4 Å². The van der Waals surface area contributed by atoms with E-state index in [9.17, 15) is 9.59 Å².